The van der Waals surface area contributed by atoms with E-state index in [4.69, 9.17) is 4.74 Å². The maximum absolute atomic E-state index is 13.2. The molecule has 0 aliphatic heterocycles. The highest BCUT2D eigenvalue weighted by Gasteiger charge is 2.19. The van der Waals surface area contributed by atoms with Crippen LogP contribution in [0.2, 0.25) is 0 Å². The third kappa shape index (κ3) is 4.82. The van der Waals surface area contributed by atoms with Gasteiger partial charge < -0.3 is 14.6 Å². The molecular formula is C22H19Br2FN2O3. The predicted octanol–water partition coefficient (Wildman–Crippen LogP) is 5.86. The fourth-order valence-corrected chi connectivity index (χ4v) is 4.77. The van der Waals surface area contributed by atoms with E-state index in [0.717, 1.165) is 25.9 Å². The number of carbonyl (C=O) groups is 2. The molecule has 0 spiro atoms. The van der Waals surface area contributed by atoms with Crippen molar-refractivity contribution >= 4 is 49.4 Å². The maximum atomic E-state index is 13.2. The first kappa shape index (κ1) is 22.2. The van der Waals surface area contributed by atoms with Gasteiger partial charge in [-0.15, -0.1) is 0 Å². The Morgan fingerprint density at radius 3 is 2.23 bits per heavy atom. The topological polar surface area (TPSA) is 60.3 Å². The predicted molar refractivity (Wildman–Crippen MR) is 121 cm³/mol. The monoisotopic (exact) mass is 536 g/mol. The largest absolute Gasteiger partial charge is 0.452 e. The quantitative estimate of drug-likeness (QED) is 0.414. The second-order valence-electron chi connectivity index (χ2n) is 6.82. The van der Waals surface area contributed by atoms with Crippen molar-refractivity contribution in [3.63, 3.8) is 0 Å². The fourth-order valence-electron chi connectivity index (χ4n) is 3.16. The van der Waals surface area contributed by atoms with E-state index in [-0.39, 0.29) is 5.82 Å². The minimum Gasteiger partial charge on any atom is -0.452 e. The highest BCUT2D eigenvalue weighted by molar-refractivity contribution is 9.11. The first-order valence-electron chi connectivity index (χ1n) is 9.05. The highest BCUT2D eigenvalue weighted by Crippen LogP contribution is 2.32. The van der Waals surface area contributed by atoms with Crippen LogP contribution in [-0.2, 0) is 9.53 Å². The lowest BCUT2D eigenvalue weighted by Gasteiger charge is -2.11. The molecule has 0 radical (unpaired) electrons. The molecule has 3 rings (SSSR count). The van der Waals surface area contributed by atoms with Gasteiger partial charge in [0.25, 0.3) is 5.91 Å². The first-order valence-corrected chi connectivity index (χ1v) is 10.6. The molecule has 0 atom stereocenters. The number of halogens is 3. The van der Waals surface area contributed by atoms with E-state index in [9.17, 15) is 14.0 Å². The maximum Gasteiger partial charge on any atom is 0.340 e. The molecule has 0 bridgehead atoms. The van der Waals surface area contributed by atoms with Crippen LogP contribution in [0.5, 0.6) is 0 Å². The lowest BCUT2D eigenvalue weighted by molar-refractivity contribution is -0.119. The lowest BCUT2D eigenvalue weighted by atomic mass is 10.2. The number of nitrogens with one attached hydrogen (secondary N) is 1. The average Bonchev–Trinajstić information content (AvgIpc) is 2.98. The summed E-state index contributed by atoms with van der Waals surface area (Å²) in [6, 6.07) is 11.4. The molecule has 3 aromatic rings. The average molecular weight is 538 g/mol. The SMILES string of the molecule is Cc1cc(Br)c(NC(=O)COC(=O)c2cc(C)n(-c3ccc(F)cc3)c2C)c(Br)c1. The number of esters is 1. The Balaban J connectivity index is 1.70. The second-order valence-corrected chi connectivity index (χ2v) is 8.53. The van der Waals surface area contributed by atoms with Gasteiger partial charge in [0, 0.05) is 26.0 Å². The van der Waals surface area contributed by atoms with Crippen molar-refractivity contribution in [1.82, 2.24) is 4.57 Å². The zero-order valence-corrected chi connectivity index (χ0v) is 19.7. The summed E-state index contributed by atoms with van der Waals surface area (Å²) in [7, 11) is 0. The molecule has 8 heteroatoms. The Hall–Kier alpha value is -2.45. The Morgan fingerprint density at radius 2 is 1.63 bits per heavy atom. The summed E-state index contributed by atoms with van der Waals surface area (Å²) in [5.41, 5.74) is 4.11. The molecule has 1 heterocycles. The van der Waals surface area contributed by atoms with E-state index in [1.54, 1.807) is 25.1 Å². The van der Waals surface area contributed by atoms with Crippen LogP contribution in [-0.4, -0.2) is 23.1 Å². The summed E-state index contributed by atoms with van der Waals surface area (Å²) >= 11 is 6.82. The molecule has 0 unspecified atom stereocenters. The van der Waals surface area contributed by atoms with Crippen molar-refractivity contribution in [3.8, 4) is 5.69 Å². The molecule has 0 aliphatic carbocycles. The molecule has 1 amide bonds. The molecule has 0 saturated carbocycles. The molecule has 0 saturated heterocycles. The molecule has 156 valence electrons. The van der Waals surface area contributed by atoms with Crippen LogP contribution in [0.25, 0.3) is 5.69 Å². The zero-order chi connectivity index (χ0) is 22.0. The van der Waals surface area contributed by atoms with E-state index < -0.39 is 18.5 Å². The van der Waals surface area contributed by atoms with Gasteiger partial charge in [0.1, 0.15) is 5.82 Å². The molecule has 1 N–H and O–H groups in total. The number of amides is 1. The number of ether oxygens (including phenoxy) is 1. The Kier molecular flexibility index (Phi) is 6.77. The van der Waals surface area contributed by atoms with Crippen LogP contribution in [0.4, 0.5) is 10.1 Å². The van der Waals surface area contributed by atoms with Crippen LogP contribution in [0.15, 0.2) is 51.4 Å². The van der Waals surface area contributed by atoms with E-state index >= 15 is 0 Å². The fraction of sp³-hybridized carbons (Fsp3) is 0.182. The van der Waals surface area contributed by atoms with E-state index in [0.29, 0.717) is 16.9 Å². The molecule has 1 aromatic heterocycles. The van der Waals surface area contributed by atoms with Crippen molar-refractivity contribution in [2.75, 3.05) is 11.9 Å². The second kappa shape index (κ2) is 9.14. The third-order valence-corrected chi connectivity index (χ3v) is 5.77. The number of aryl methyl sites for hydroxylation is 2. The van der Waals surface area contributed by atoms with Crippen LogP contribution >= 0.6 is 31.9 Å². The van der Waals surface area contributed by atoms with Crippen molar-refractivity contribution < 1.29 is 18.7 Å². The van der Waals surface area contributed by atoms with Crippen LogP contribution in [0.3, 0.4) is 0 Å². The van der Waals surface area contributed by atoms with Crippen molar-refractivity contribution in [3.05, 3.63) is 79.7 Å². The number of rotatable bonds is 5. The minimum atomic E-state index is -0.603. The summed E-state index contributed by atoms with van der Waals surface area (Å²) in [6.07, 6.45) is 0. The zero-order valence-electron chi connectivity index (χ0n) is 16.6. The summed E-state index contributed by atoms with van der Waals surface area (Å²) in [6.45, 7) is 5.12. The van der Waals surface area contributed by atoms with Crippen molar-refractivity contribution in [2.45, 2.75) is 20.8 Å². The standard InChI is InChI=1S/C22H19Br2FN2O3/c1-12-8-18(23)21(19(24)9-12)26-20(28)11-30-22(29)17-10-13(2)27(14(17)3)16-6-4-15(25)5-7-16/h4-10H,11H2,1-3H3,(H,26,28). The van der Waals surface area contributed by atoms with Gasteiger partial charge in [0.15, 0.2) is 6.61 Å². The summed E-state index contributed by atoms with van der Waals surface area (Å²) in [4.78, 5) is 24.8. The van der Waals surface area contributed by atoms with Gasteiger partial charge in [0.2, 0.25) is 0 Å². The van der Waals surface area contributed by atoms with Crippen molar-refractivity contribution in [2.24, 2.45) is 0 Å². The Morgan fingerprint density at radius 1 is 1.03 bits per heavy atom. The summed E-state index contributed by atoms with van der Waals surface area (Å²) in [5.74, 6) is -1.40. The van der Waals surface area contributed by atoms with Gasteiger partial charge >= 0.3 is 5.97 Å². The molecule has 0 fully saturated rings. The normalized spacial score (nSPS) is 10.7. The number of aromatic nitrogens is 1. The smallest absolute Gasteiger partial charge is 0.340 e. The number of benzene rings is 2. The third-order valence-electron chi connectivity index (χ3n) is 4.52. The Bertz CT molecular complexity index is 1100. The van der Waals surface area contributed by atoms with E-state index in [1.165, 1.54) is 12.1 Å². The lowest BCUT2D eigenvalue weighted by Crippen LogP contribution is -2.21. The number of hydrogen-bond donors (Lipinski definition) is 1. The van der Waals surface area contributed by atoms with Crippen LogP contribution in [0.1, 0.15) is 27.3 Å². The number of hydrogen-bond acceptors (Lipinski definition) is 3. The van der Waals surface area contributed by atoms with Crippen LogP contribution < -0.4 is 5.32 Å². The number of anilines is 1. The van der Waals surface area contributed by atoms with Crippen LogP contribution in [0, 0.1) is 26.6 Å². The van der Waals surface area contributed by atoms with Gasteiger partial charge in [0.05, 0.1) is 11.3 Å². The van der Waals surface area contributed by atoms with E-state index in [2.05, 4.69) is 37.2 Å². The van der Waals surface area contributed by atoms with Gasteiger partial charge in [-0.1, -0.05) is 0 Å². The van der Waals surface area contributed by atoms with Crippen molar-refractivity contribution in [1.29, 1.82) is 0 Å². The number of carbonyl (C=O) groups excluding carboxylic acids is 2. The van der Waals surface area contributed by atoms with E-state index in [1.807, 2.05) is 30.5 Å². The summed E-state index contributed by atoms with van der Waals surface area (Å²) < 4.78 is 21.7. The van der Waals surface area contributed by atoms with Gasteiger partial charge in [-0.2, -0.15) is 0 Å². The minimum absolute atomic E-state index is 0.335. The van der Waals surface area contributed by atoms with Gasteiger partial charge in [-0.25, -0.2) is 9.18 Å². The number of nitrogens with zero attached hydrogens (tertiary/aromatic N) is 1. The molecular weight excluding hydrogens is 519 g/mol. The van der Waals surface area contributed by atoms with Gasteiger partial charge in [-0.3, -0.25) is 4.79 Å². The molecule has 2 aromatic carbocycles. The highest BCUT2D eigenvalue weighted by atomic mass is 79.9. The molecule has 30 heavy (non-hydrogen) atoms. The molecule has 5 nitrogen and oxygen atoms in total. The first-order chi connectivity index (χ1) is 14.2. The summed E-state index contributed by atoms with van der Waals surface area (Å²) in [5, 5.41) is 2.72. The Labute approximate surface area is 190 Å². The molecule has 0 aliphatic rings. The van der Waals surface area contributed by atoms with Gasteiger partial charge in [-0.05, 0) is 101 Å².